The topological polar surface area (TPSA) is 75.3 Å². The van der Waals surface area contributed by atoms with E-state index in [1.807, 2.05) is 43.5 Å². The molecule has 2 N–H and O–H groups in total. The van der Waals surface area contributed by atoms with Gasteiger partial charge in [-0.3, -0.25) is 4.79 Å². The average Bonchev–Trinajstić information content (AvgIpc) is 2.60. The molecule has 0 fully saturated rings. The van der Waals surface area contributed by atoms with Gasteiger partial charge in [0.15, 0.2) is 0 Å². The first-order valence-corrected chi connectivity index (χ1v) is 10.6. The summed E-state index contributed by atoms with van der Waals surface area (Å²) in [5.41, 5.74) is 1.41. The van der Waals surface area contributed by atoms with Crippen molar-refractivity contribution in [3.63, 3.8) is 0 Å². The molecule has 0 aromatic heterocycles. The Labute approximate surface area is 153 Å². The molecule has 2 aromatic rings. The van der Waals surface area contributed by atoms with E-state index in [1.165, 1.54) is 24.8 Å². The zero-order valence-electron chi connectivity index (χ0n) is 14.4. The van der Waals surface area contributed by atoms with Gasteiger partial charge in [0.05, 0.1) is 10.6 Å². The Hall–Kier alpha value is -1.83. The second-order valence-corrected chi connectivity index (χ2v) is 8.10. The lowest BCUT2D eigenvalue weighted by Crippen LogP contribution is -2.28. The van der Waals surface area contributed by atoms with Gasteiger partial charge in [0.25, 0.3) is 0 Å². The number of sulfonamides is 1. The van der Waals surface area contributed by atoms with Crippen molar-refractivity contribution in [2.45, 2.75) is 36.1 Å². The van der Waals surface area contributed by atoms with Crippen molar-refractivity contribution in [3.05, 3.63) is 54.1 Å². The molecule has 25 heavy (non-hydrogen) atoms. The van der Waals surface area contributed by atoms with Crippen LogP contribution in [-0.4, -0.2) is 20.6 Å². The minimum Gasteiger partial charge on any atom is -0.325 e. The number of benzene rings is 2. The van der Waals surface area contributed by atoms with Crippen molar-refractivity contribution in [2.24, 2.45) is 0 Å². The summed E-state index contributed by atoms with van der Waals surface area (Å²) in [6.45, 7) is 3.33. The molecule has 2 aromatic carbocycles. The van der Waals surface area contributed by atoms with Crippen molar-refractivity contribution in [1.82, 2.24) is 4.72 Å². The summed E-state index contributed by atoms with van der Waals surface area (Å²) in [5.74, 6) is -0.242. The monoisotopic (exact) mass is 378 g/mol. The summed E-state index contributed by atoms with van der Waals surface area (Å²) >= 11 is 1.44. The fraction of sp³-hybridized carbons (Fsp3) is 0.278. The van der Waals surface area contributed by atoms with Crippen molar-refractivity contribution in [2.75, 3.05) is 11.6 Å². The van der Waals surface area contributed by atoms with Crippen LogP contribution < -0.4 is 10.0 Å². The van der Waals surface area contributed by atoms with E-state index in [-0.39, 0.29) is 16.8 Å². The first-order chi connectivity index (χ1) is 11.9. The fourth-order valence-electron chi connectivity index (χ4n) is 2.47. The standard InChI is InChI=1S/C18H22N2O3S2/c1-4-16(14-8-6-5-7-9-14)20-25(22,23)15-10-11-18(24-3)17(12-15)19-13(2)21/h5-12,16,20H,4H2,1-3H3,(H,19,21). The molecule has 7 heteroatoms. The van der Waals surface area contributed by atoms with Gasteiger partial charge in [-0.2, -0.15) is 0 Å². The number of hydrogen-bond acceptors (Lipinski definition) is 4. The maximum absolute atomic E-state index is 12.8. The highest BCUT2D eigenvalue weighted by Crippen LogP contribution is 2.29. The van der Waals surface area contributed by atoms with Gasteiger partial charge in [0.1, 0.15) is 0 Å². The van der Waals surface area contributed by atoms with E-state index < -0.39 is 10.0 Å². The molecular formula is C18H22N2O3S2. The number of carbonyl (C=O) groups excluding carboxylic acids is 1. The van der Waals surface area contributed by atoms with E-state index in [4.69, 9.17) is 0 Å². The number of nitrogens with one attached hydrogen (secondary N) is 2. The molecule has 5 nitrogen and oxygen atoms in total. The van der Waals surface area contributed by atoms with E-state index in [9.17, 15) is 13.2 Å². The third-order valence-corrected chi connectivity index (χ3v) is 5.96. The van der Waals surface area contributed by atoms with E-state index in [0.717, 1.165) is 10.5 Å². The summed E-state index contributed by atoms with van der Waals surface area (Å²) in [6.07, 6.45) is 2.50. The third kappa shape index (κ3) is 5.07. The minimum atomic E-state index is -3.71. The Balaban J connectivity index is 2.34. The number of anilines is 1. The quantitative estimate of drug-likeness (QED) is 0.719. The van der Waals surface area contributed by atoms with Gasteiger partial charge in [0.2, 0.25) is 15.9 Å². The van der Waals surface area contributed by atoms with Gasteiger partial charge in [0, 0.05) is 17.9 Å². The maximum Gasteiger partial charge on any atom is 0.241 e. The van der Waals surface area contributed by atoms with Crippen LogP contribution in [0.15, 0.2) is 58.3 Å². The average molecular weight is 379 g/mol. The lowest BCUT2D eigenvalue weighted by molar-refractivity contribution is -0.114. The summed E-state index contributed by atoms with van der Waals surface area (Å²) in [4.78, 5) is 12.3. The molecule has 1 atom stereocenters. The zero-order valence-corrected chi connectivity index (χ0v) is 16.1. The molecule has 0 aliphatic rings. The van der Waals surface area contributed by atoms with E-state index >= 15 is 0 Å². The van der Waals surface area contributed by atoms with Gasteiger partial charge in [-0.05, 0) is 36.4 Å². The van der Waals surface area contributed by atoms with Gasteiger partial charge in [-0.1, -0.05) is 37.3 Å². The Kier molecular flexibility index (Phi) is 6.64. The van der Waals surface area contributed by atoms with Crippen molar-refractivity contribution < 1.29 is 13.2 Å². The van der Waals surface area contributed by atoms with Crippen molar-refractivity contribution in [1.29, 1.82) is 0 Å². The highest BCUT2D eigenvalue weighted by Gasteiger charge is 2.21. The van der Waals surface area contributed by atoms with E-state index in [1.54, 1.807) is 12.1 Å². The number of amides is 1. The summed E-state index contributed by atoms with van der Waals surface area (Å²) < 4.78 is 28.3. The summed E-state index contributed by atoms with van der Waals surface area (Å²) in [6, 6.07) is 13.9. The third-order valence-electron chi connectivity index (χ3n) is 3.70. The molecule has 0 aliphatic carbocycles. The molecule has 0 bridgehead atoms. The molecule has 0 aliphatic heterocycles. The Morgan fingerprint density at radius 3 is 2.40 bits per heavy atom. The van der Waals surface area contributed by atoms with Crippen LogP contribution in [0, 0.1) is 0 Å². The fourth-order valence-corrected chi connectivity index (χ4v) is 4.34. The maximum atomic E-state index is 12.8. The molecule has 2 rings (SSSR count). The SMILES string of the molecule is CCC(NS(=O)(=O)c1ccc(SC)c(NC(C)=O)c1)c1ccccc1. The molecular weight excluding hydrogens is 356 g/mol. The molecule has 0 radical (unpaired) electrons. The molecule has 1 amide bonds. The molecule has 0 saturated carbocycles. The zero-order chi connectivity index (χ0) is 18.4. The normalized spacial score (nSPS) is 12.6. The molecule has 134 valence electrons. The summed E-state index contributed by atoms with van der Waals surface area (Å²) in [7, 11) is -3.71. The second-order valence-electron chi connectivity index (χ2n) is 5.54. The first kappa shape index (κ1) is 19.5. The predicted molar refractivity (Wildman–Crippen MR) is 102 cm³/mol. The van der Waals surface area contributed by atoms with Crippen LogP contribution in [0.1, 0.15) is 31.9 Å². The number of rotatable bonds is 7. The van der Waals surface area contributed by atoms with Crippen LogP contribution in [0.5, 0.6) is 0 Å². The minimum absolute atomic E-state index is 0.128. The second kappa shape index (κ2) is 8.51. The number of hydrogen-bond donors (Lipinski definition) is 2. The molecule has 0 spiro atoms. The van der Waals surface area contributed by atoms with Crippen molar-refractivity contribution >= 4 is 33.4 Å². The van der Waals surface area contributed by atoms with E-state index in [2.05, 4.69) is 10.0 Å². The Morgan fingerprint density at radius 1 is 1.16 bits per heavy atom. The number of carbonyl (C=O) groups is 1. The highest BCUT2D eigenvalue weighted by molar-refractivity contribution is 7.98. The molecule has 0 saturated heterocycles. The Bertz CT molecular complexity index is 837. The smallest absolute Gasteiger partial charge is 0.241 e. The lowest BCUT2D eigenvalue weighted by Gasteiger charge is -2.18. The molecule has 0 heterocycles. The first-order valence-electron chi connectivity index (χ1n) is 7.90. The van der Waals surface area contributed by atoms with Crippen LogP contribution in [0.4, 0.5) is 5.69 Å². The van der Waals surface area contributed by atoms with Gasteiger partial charge >= 0.3 is 0 Å². The van der Waals surface area contributed by atoms with Gasteiger partial charge in [-0.15, -0.1) is 11.8 Å². The lowest BCUT2D eigenvalue weighted by atomic mass is 10.1. The Morgan fingerprint density at radius 2 is 1.84 bits per heavy atom. The predicted octanol–water partition coefficient (Wildman–Crippen LogP) is 3.80. The molecule has 1 unspecified atom stereocenters. The van der Waals surface area contributed by atoms with Gasteiger partial charge < -0.3 is 5.32 Å². The van der Waals surface area contributed by atoms with E-state index in [0.29, 0.717) is 12.1 Å². The van der Waals surface area contributed by atoms with Crippen LogP contribution >= 0.6 is 11.8 Å². The highest BCUT2D eigenvalue weighted by atomic mass is 32.2. The summed E-state index contributed by atoms with van der Waals surface area (Å²) in [5, 5.41) is 2.68. The van der Waals surface area contributed by atoms with Crippen LogP contribution in [0.2, 0.25) is 0 Å². The number of thioether (sulfide) groups is 1. The van der Waals surface area contributed by atoms with Crippen LogP contribution in [0.25, 0.3) is 0 Å². The van der Waals surface area contributed by atoms with Crippen LogP contribution in [-0.2, 0) is 14.8 Å². The van der Waals surface area contributed by atoms with Crippen LogP contribution in [0.3, 0.4) is 0 Å². The largest absolute Gasteiger partial charge is 0.325 e. The van der Waals surface area contributed by atoms with Gasteiger partial charge in [-0.25, -0.2) is 13.1 Å². The van der Waals surface area contributed by atoms with Crippen molar-refractivity contribution in [3.8, 4) is 0 Å².